The van der Waals surface area contributed by atoms with Crippen LogP contribution in [-0.2, 0) is 31.3 Å². The fourth-order valence-electron chi connectivity index (χ4n) is 3.05. The molecule has 0 spiro atoms. The third-order valence-electron chi connectivity index (χ3n) is 4.35. The maximum Gasteiger partial charge on any atom is 0 e. The standard InChI is InChI=1S/C20H20O.3CO.Cr/c1-13-8-7-11-19(21-4)20(13)18-12-16-9-5-6-10-17(16)14(2)15(18)3;3*1-2;/h5-12H,1-4H3;;;;. The Morgan fingerprint density at radius 1 is 0.750 bits per heavy atom. The number of methoxy groups -OCH3 is 1. The number of hydrogen-bond acceptors (Lipinski definition) is 1. The van der Waals surface area contributed by atoms with Gasteiger partial charge >= 0.3 is 33.9 Å². The minimum Gasteiger partial charge on any atom is 0 e. The van der Waals surface area contributed by atoms with E-state index >= 15 is 0 Å². The summed E-state index contributed by atoms with van der Waals surface area (Å²) in [7, 11) is 1.74. The summed E-state index contributed by atoms with van der Waals surface area (Å²) >= 11 is 0. The zero-order chi connectivity index (χ0) is 21.0. The number of hydrogen-bond donors (Lipinski definition) is 0. The summed E-state index contributed by atoms with van der Waals surface area (Å²) in [5.74, 6) is 0.938. The van der Waals surface area contributed by atoms with E-state index in [1.807, 2.05) is 12.1 Å². The van der Waals surface area contributed by atoms with E-state index in [2.05, 4.69) is 77.1 Å². The van der Waals surface area contributed by atoms with Crippen molar-refractivity contribution >= 4 is 10.8 Å². The van der Waals surface area contributed by atoms with Gasteiger partial charge in [-0.05, 0) is 65.9 Å². The zero-order valence-corrected chi connectivity index (χ0v) is 17.4. The van der Waals surface area contributed by atoms with Crippen LogP contribution in [0.4, 0.5) is 0 Å². The first kappa shape index (κ1) is 27.7. The molecule has 0 atom stereocenters. The third-order valence-corrected chi connectivity index (χ3v) is 4.35. The van der Waals surface area contributed by atoms with Crippen LogP contribution in [0.2, 0.25) is 0 Å². The molecule has 0 unspecified atom stereocenters. The first-order chi connectivity index (χ1) is 13.1. The predicted molar refractivity (Wildman–Crippen MR) is 102 cm³/mol. The molecule has 142 valence electrons. The van der Waals surface area contributed by atoms with Crippen molar-refractivity contribution < 1.29 is 36.1 Å². The summed E-state index contributed by atoms with van der Waals surface area (Å²) in [6, 6.07) is 17.1. The van der Waals surface area contributed by atoms with Gasteiger partial charge in [0.05, 0.1) is 7.11 Å². The minimum atomic E-state index is 0. The summed E-state index contributed by atoms with van der Waals surface area (Å²) in [6.45, 7) is 20.0. The molecule has 0 saturated heterocycles. The van der Waals surface area contributed by atoms with Crippen LogP contribution in [0.1, 0.15) is 16.7 Å². The molecule has 5 heteroatoms. The van der Waals surface area contributed by atoms with E-state index in [4.69, 9.17) is 18.7 Å². The number of benzene rings is 3. The summed E-state index contributed by atoms with van der Waals surface area (Å²) in [6.07, 6.45) is 0. The molecule has 0 aliphatic rings. The molecular formula is C23H20CrO4. The van der Waals surface area contributed by atoms with Gasteiger partial charge in [0.1, 0.15) is 5.75 Å². The van der Waals surface area contributed by atoms with E-state index in [0.29, 0.717) is 0 Å². The van der Waals surface area contributed by atoms with Crippen LogP contribution >= 0.6 is 0 Å². The van der Waals surface area contributed by atoms with Crippen molar-refractivity contribution in [2.75, 3.05) is 7.11 Å². The first-order valence-corrected chi connectivity index (χ1v) is 7.87. The molecule has 3 aromatic rings. The van der Waals surface area contributed by atoms with Gasteiger partial charge in [-0.2, -0.15) is 0 Å². The molecule has 0 amide bonds. The monoisotopic (exact) mass is 412 g/mol. The van der Waals surface area contributed by atoms with E-state index in [-0.39, 0.29) is 17.4 Å². The van der Waals surface area contributed by atoms with Crippen LogP contribution < -0.4 is 4.74 Å². The Kier molecular flexibility index (Phi) is 14.4. The predicted octanol–water partition coefficient (Wildman–Crippen LogP) is 5.33. The molecule has 0 aliphatic heterocycles. The summed E-state index contributed by atoms with van der Waals surface area (Å²) in [4.78, 5) is 0. The molecule has 0 bridgehead atoms. The van der Waals surface area contributed by atoms with Gasteiger partial charge in [-0.15, -0.1) is 0 Å². The molecule has 0 N–H and O–H groups in total. The molecule has 4 nitrogen and oxygen atoms in total. The molecule has 3 rings (SSSR count). The second kappa shape index (κ2) is 14.5. The third kappa shape index (κ3) is 5.99. The Balaban J connectivity index is 0. The Bertz CT molecular complexity index is 942. The first-order valence-electron chi connectivity index (χ1n) is 7.87. The summed E-state index contributed by atoms with van der Waals surface area (Å²) < 4.78 is 28.1. The van der Waals surface area contributed by atoms with Crippen LogP contribution in [0.25, 0.3) is 21.9 Å². The van der Waals surface area contributed by atoms with Gasteiger partial charge in [-0.3, -0.25) is 0 Å². The van der Waals surface area contributed by atoms with Crippen molar-refractivity contribution in [3.63, 3.8) is 0 Å². The second-order valence-electron chi connectivity index (χ2n) is 5.55. The van der Waals surface area contributed by atoms with Gasteiger partial charge in [-0.1, -0.05) is 36.4 Å². The van der Waals surface area contributed by atoms with E-state index in [0.717, 1.165) is 5.75 Å². The molecule has 0 fully saturated rings. The van der Waals surface area contributed by atoms with Crippen molar-refractivity contribution in [1.82, 2.24) is 0 Å². The van der Waals surface area contributed by atoms with Crippen molar-refractivity contribution in [2.24, 2.45) is 0 Å². The van der Waals surface area contributed by atoms with Crippen LogP contribution in [0.15, 0.2) is 48.5 Å². The van der Waals surface area contributed by atoms with Crippen molar-refractivity contribution in [3.05, 3.63) is 85.2 Å². The molecule has 28 heavy (non-hydrogen) atoms. The molecule has 0 radical (unpaired) electrons. The van der Waals surface area contributed by atoms with Gasteiger partial charge < -0.3 is 4.74 Å². The normalized spacial score (nSPS) is 8.36. The fraction of sp³-hybridized carbons (Fsp3) is 0.174. The van der Waals surface area contributed by atoms with E-state index in [1.54, 1.807) is 7.11 Å². The Morgan fingerprint density at radius 2 is 1.32 bits per heavy atom. The van der Waals surface area contributed by atoms with Gasteiger partial charge in [0.15, 0.2) is 0 Å². The molecule has 0 aromatic heterocycles. The minimum absolute atomic E-state index is 0. The summed E-state index contributed by atoms with van der Waals surface area (Å²) in [5.41, 5.74) is 6.37. The number of rotatable bonds is 2. The van der Waals surface area contributed by atoms with Crippen molar-refractivity contribution in [1.29, 1.82) is 0 Å². The molecule has 0 aliphatic carbocycles. The zero-order valence-electron chi connectivity index (χ0n) is 16.2. The molecular weight excluding hydrogens is 392 g/mol. The van der Waals surface area contributed by atoms with Crippen molar-refractivity contribution in [2.45, 2.75) is 20.8 Å². The quantitative estimate of drug-likeness (QED) is 0.415. The average Bonchev–Trinajstić information content (AvgIpc) is 2.75. The maximum absolute atomic E-state index is 7.50. The molecule has 0 heterocycles. The molecule has 3 aromatic carbocycles. The topological polar surface area (TPSA) is 68.9 Å². The van der Waals surface area contributed by atoms with E-state index in [1.165, 1.54) is 38.6 Å². The average molecular weight is 412 g/mol. The number of aryl methyl sites for hydroxylation is 2. The maximum atomic E-state index is 7.50. The fourth-order valence-corrected chi connectivity index (χ4v) is 3.05. The largest absolute Gasteiger partial charge is 0 e. The SMILES string of the molecule is COc1cccc(C)c1-c1cc2ccccc2c(C)c1C.[C-]#[O+].[C-]#[O+].[C-]#[O+].[Cr]. The Morgan fingerprint density at radius 3 is 1.89 bits per heavy atom. The van der Waals surface area contributed by atoms with Gasteiger partial charge in [-0.25, -0.2) is 0 Å². The number of ether oxygens (including phenoxy) is 1. The second-order valence-corrected chi connectivity index (χ2v) is 5.55. The van der Waals surface area contributed by atoms with Gasteiger partial charge in [0.2, 0.25) is 0 Å². The van der Waals surface area contributed by atoms with E-state index < -0.39 is 0 Å². The van der Waals surface area contributed by atoms with Gasteiger partial charge in [0, 0.05) is 22.9 Å². The Labute approximate surface area is 176 Å². The van der Waals surface area contributed by atoms with Crippen LogP contribution in [0.5, 0.6) is 5.75 Å². The molecule has 0 saturated carbocycles. The van der Waals surface area contributed by atoms with Crippen LogP contribution in [0.3, 0.4) is 0 Å². The Hall–Kier alpha value is -2.53. The van der Waals surface area contributed by atoms with Gasteiger partial charge in [0.25, 0.3) is 0 Å². The summed E-state index contributed by atoms with van der Waals surface area (Å²) in [5, 5.41) is 2.60. The smallest absolute Gasteiger partial charge is 0 e. The number of fused-ring (bicyclic) bond motifs is 1. The van der Waals surface area contributed by atoms with Crippen LogP contribution in [-0.4, -0.2) is 7.11 Å². The van der Waals surface area contributed by atoms with E-state index in [9.17, 15) is 0 Å². The van der Waals surface area contributed by atoms with Crippen LogP contribution in [0, 0.1) is 40.7 Å². The van der Waals surface area contributed by atoms with Crippen molar-refractivity contribution in [3.8, 4) is 16.9 Å².